The minimum atomic E-state index is -0.724. The normalized spacial score (nSPS) is 11.8. The van der Waals surface area contributed by atoms with Crippen molar-refractivity contribution in [2.45, 2.75) is 19.6 Å². The maximum Gasteiger partial charge on any atom is 0.261 e. The van der Waals surface area contributed by atoms with Gasteiger partial charge in [-0.25, -0.2) is 4.39 Å². The Morgan fingerprint density at radius 1 is 1.20 bits per heavy atom. The first-order valence-electron chi connectivity index (χ1n) is 7.78. The Hall–Kier alpha value is -3.22. The third-order valence-electron chi connectivity index (χ3n) is 3.57. The lowest BCUT2D eigenvalue weighted by atomic mass is 10.3. The van der Waals surface area contributed by atoms with Crippen LogP contribution in [0.25, 0.3) is 5.69 Å². The summed E-state index contributed by atoms with van der Waals surface area (Å²) in [6.45, 7) is 1.84. The molecule has 0 aliphatic heterocycles. The van der Waals surface area contributed by atoms with Gasteiger partial charge in [-0.2, -0.15) is 0 Å². The van der Waals surface area contributed by atoms with Crippen LogP contribution in [-0.4, -0.2) is 26.8 Å². The molecule has 0 fully saturated rings. The minimum Gasteiger partial charge on any atom is -0.481 e. The van der Waals surface area contributed by atoms with Gasteiger partial charge in [0.15, 0.2) is 11.9 Å². The number of rotatable bonds is 6. The van der Waals surface area contributed by atoms with Crippen LogP contribution in [0.1, 0.15) is 12.7 Å². The number of nitrogens with zero attached hydrogens (tertiary/aromatic N) is 3. The quantitative estimate of drug-likeness (QED) is 0.748. The maximum absolute atomic E-state index is 12.9. The van der Waals surface area contributed by atoms with E-state index in [9.17, 15) is 9.18 Å². The summed E-state index contributed by atoms with van der Waals surface area (Å²) < 4.78 is 20.2. The fourth-order valence-corrected chi connectivity index (χ4v) is 2.26. The van der Waals surface area contributed by atoms with Crippen molar-refractivity contribution in [3.05, 3.63) is 72.6 Å². The summed E-state index contributed by atoms with van der Waals surface area (Å²) >= 11 is 0. The van der Waals surface area contributed by atoms with E-state index < -0.39 is 6.10 Å². The summed E-state index contributed by atoms with van der Waals surface area (Å²) in [7, 11) is 0. The zero-order valence-corrected chi connectivity index (χ0v) is 13.6. The van der Waals surface area contributed by atoms with Crippen molar-refractivity contribution in [2.75, 3.05) is 0 Å². The number of para-hydroxylation sites is 1. The molecule has 1 N–H and O–H groups in total. The predicted molar refractivity (Wildman–Crippen MR) is 89.7 cm³/mol. The molecule has 1 unspecified atom stereocenters. The highest BCUT2D eigenvalue weighted by Crippen LogP contribution is 2.13. The van der Waals surface area contributed by atoms with Gasteiger partial charge < -0.3 is 10.1 Å². The molecule has 1 heterocycles. The van der Waals surface area contributed by atoms with Crippen LogP contribution in [-0.2, 0) is 11.3 Å². The molecule has 25 heavy (non-hydrogen) atoms. The molecule has 3 rings (SSSR count). The fourth-order valence-electron chi connectivity index (χ4n) is 2.26. The first-order valence-corrected chi connectivity index (χ1v) is 7.78. The van der Waals surface area contributed by atoms with Crippen molar-refractivity contribution in [3.8, 4) is 11.4 Å². The van der Waals surface area contributed by atoms with Crippen LogP contribution in [0.5, 0.6) is 5.75 Å². The molecule has 1 aromatic heterocycles. The number of hydrogen-bond acceptors (Lipinski definition) is 4. The van der Waals surface area contributed by atoms with Crippen LogP contribution in [0, 0.1) is 5.82 Å². The Kier molecular flexibility index (Phi) is 5.03. The van der Waals surface area contributed by atoms with E-state index in [2.05, 4.69) is 15.5 Å². The molecule has 2 aromatic carbocycles. The van der Waals surface area contributed by atoms with Crippen LogP contribution in [0.2, 0.25) is 0 Å². The highest BCUT2D eigenvalue weighted by atomic mass is 19.1. The van der Waals surface area contributed by atoms with E-state index in [0.717, 1.165) is 5.69 Å². The molecule has 0 aliphatic rings. The van der Waals surface area contributed by atoms with Gasteiger partial charge in [0.2, 0.25) is 0 Å². The first kappa shape index (κ1) is 16.6. The summed E-state index contributed by atoms with van der Waals surface area (Å²) in [5, 5.41) is 10.7. The largest absolute Gasteiger partial charge is 0.481 e. The first-order chi connectivity index (χ1) is 12.1. The number of hydrogen-bond donors (Lipinski definition) is 1. The van der Waals surface area contributed by atoms with Gasteiger partial charge in [0, 0.05) is 5.69 Å². The maximum atomic E-state index is 12.9. The summed E-state index contributed by atoms with van der Waals surface area (Å²) in [6.07, 6.45) is 0.869. The average molecular weight is 340 g/mol. The van der Waals surface area contributed by atoms with E-state index in [0.29, 0.717) is 11.6 Å². The second-order valence-electron chi connectivity index (χ2n) is 5.38. The molecular formula is C18H17FN4O2. The van der Waals surface area contributed by atoms with Crippen molar-refractivity contribution in [3.63, 3.8) is 0 Å². The zero-order chi connectivity index (χ0) is 17.6. The van der Waals surface area contributed by atoms with Crippen LogP contribution in [0.15, 0.2) is 60.9 Å². The lowest BCUT2D eigenvalue weighted by molar-refractivity contribution is -0.127. The van der Waals surface area contributed by atoms with E-state index in [1.54, 1.807) is 17.8 Å². The van der Waals surface area contributed by atoms with Crippen molar-refractivity contribution in [2.24, 2.45) is 0 Å². The van der Waals surface area contributed by atoms with Crippen LogP contribution < -0.4 is 10.1 Å². The molecular weight excluding hydrogens is 323 g/mol. The van der Waals surface area contributed by atoms with E-state index >= 15 is 0 Å². The Labute approximate surface area is 144 Å². The smallest absolute Gasteiger partial charge is 0.261 e. The van der Waals surface area contributed by atoms with Gasteiger partial charge in [0.1, 0.15) is 17.9 Å². The van der Waals surface area contributed by atoms with Crippen molar-refractivity contribution < 1.29 is 13.9 Å². The highest BCUT2D eigenvalue weighted by molar-refractivity contribution is 5.80. The number of benzene rings is 2. The third kappa shape index (κ3) is 4.20. The van der Waals surface area contributed by atoms with Crippen LogP contribution in [0.3, 0.4) is 0 Å². The topological polar surface area (TPSA) is 69.0 Å². The lowest BCUT2D eigenvalue weighted by Crippen LogP contribution is -2.36. The molecule has 0 radical (unpaired) electrons. The minimum absolute atomic E-state index is 0.213. The number of halogens is 1. The second kappa shape index (κ2) is 7.57. The molecule has 1 atom stereocenters. The van der Waals surface area contributed by atoms with Crippen LogP contribution in [0.4, 0.5) is 4.39 Å². The van der Waals surface area contributed by atoms with Gasteiger partial charge in [-0.05, 0) is 43.3 Å². The average Bonchev–Trinajstić information content (AvgIpc) is 3.11. The highest BCUT2D eigenvalue weighted by Gasteiger charge is 2.16. The Balaban J connectivity index is 1.59. The molecule has 0 spiro atoms. The molecule has 128 valence electrons. The lowest BCUT2D eigenvalue weighted by Gasteiger charge is -2.14. The predicted octanol–water partition coefficient (Wildman–Crippen LogP) is 2.49. The number of carbonyl (C=O) groups excluding carboxylic acids is 1. The fraction of sp³-hybridized carbons (Fsp3) is 0.167. The second-order valence-corrected chi connectivity index (χ2v) is 5.38. The number of nitrogens with one attached hydrogen (secondary N) is 1. The van der Waals surface area contributed by atoms with Crippen LogP contribution >= 0.6 is 0 Å². The van der Waals surface area contributed by atoms with Crippen molar-refractivity contribution >= 4 is 5.91 Å². The molecule has 1 amide bonds. The summed E-state index contributed by atoms with van der Waals surface area (Å²) in [5.74, 6) is 0.377. The Morgan fingerprint density at radius 2 is 1.92 bits per heavy atom. The van der Waals surface area contributed by atoms with Crippen molar-refractivity contribution in [1.29, 1.82) is 0 Å². The molecule has 0 saturated carbocycles. The van der Waals surface area contributed by atoms with Gasteiger partial charge >= 0.3 is 0 Å². The van der Waals surface area contributed by atoms with Gasteiger partial charge in [-0.15, -0.1) is 10.2 Å². The van der Waals surface area contributed by atoms with E-state index in [-0.39, 0.29) is 18.3 Å². The zero-order valence-electron chi connectivity index (χ0n) is 13.6. The molecule has 6 nitrogen and oxygen atoms in total. The Morgan fingerprint density at radius 3 is 2.64 bits per heavy atom. The van der Waals surface area contributed by atoms with E-state index in [4.69, 9.17) is 4.74 Å². The van der Waals surface area contributed by atoms with Gasteiger partial charge in [-0.1, -0.05) is 18.2 Å². The number of amides is 1. The standard InChI is InChI=1S/C18H17FN4O2/c1-13(25-16-9-7-14(19)8-10-16)18(24)20-11-17-22-21-12-23(17)15-5-3-2-4-6-15/h2-10,12-13H,11H2,1H3,(H,20,24). The molecule has 7 heteroatoms. The molecule has 0 aliphatic carbocycles. The number of aromatic nitrogens is 3. The van der Waals surface area contributed by atoms with Gasteiger partial charge in [-0.3, -0.25) is 9.36 Å². The number of ether oxygens (including phenoxy) is 1. The number of carbonyl (C=O) groups is 1. The van der Waals surface area contributed by atoms with Gasteiger partial charge in [0.25, 0.3) is 5.91 Å². The molecule has 3 aromatic rings. The summed E-state index contributed by atoms with van der Waals surface area (Å²) in [5.41, 5.74) is 0.910. The van der Waals surface area contributed by atoms with E-state index in [1.807, 2.05) is 30.3 Å². The molecule has 0 bridgehead atoms. The van der Waals surface area contributed by atoms with Gasteiger partial charge in [0.05, 0.1) is 6.54 Å². The summed E-state index contributed by atoms with van der Waals surface area (Å²) in [4.78, 5) is 12.2. The Bertz CT molecular complexity index is 834. The summed E-state index contributed by atoms with van der Waals surface area (Å²) in [6, 6.07) is 15.1. The molecule has 0 saturated heterocycles. The van der Waals surface area contributed by atoms with Crippen molar-refractivity contribution in [1.82, 2.24) is 20.1 Å². The third-order valence-corrected chi connectivity index (χ3v) is 3.57. The van der Waals surface area contributed by atoms with E-state index in [1.165, 1.54) is 24.3 Å². The monoisotopic (exact) mass is 340 g/mol. The SMILES string of the molecule is CC(Oc1ccc(F)cc1)C(=O)NCc1nncn1-c1ccccc1.